The molecule has 0 bridgehead atoms. The Hall–Kier alpha value is -0.800. The van der Waals surface area contributed by atoms with Gasteiger partial charge in [-0.1, -0.05) is 0 Å². The summed E-state index contributed by atoms with van der Waals surface area (Å²) in [6.07, 6.45) is 2.76. The molecule has 0 aromatic carbocycles. The van der Waals surface area contributed by atoms with Gasteiger partial charge in [0.2, 0.25) is 0 Å². The summed E-state index contributed by atoms with van der Waals surface area (Å²) in [4.78, 5) is 0. The van der Waals surface area contributed by atoms with Crippen LogP contribution >= 0.6 is 0 Å². The summed E-state index contributed by atoms with van der Waals surface area (Å²) in [6.45, 7) is 0. The normalized spacial score (nSPS) is 22.2. The molecule has 1 aliphatic rings. The molecule has 2 rings (SSSR count). The SMILES string of the molecule is COC1(C(O)c2ccco2)CC1. The molecule has 1 aromatic heterocycles. The van der Waals surface area contributed by atoms with Gasteiger partial charge in [-0.05, 0) is 25.0 Å². The zero-order valence-corrected chi connectivity index (χ0v) is 6.99. The maximum atomic E-state index is 9.78. The average molecular weight is 168 g/mol. The van der Waals surface area contributed by atoms with Crippen LogP contribution in [0.3, 0.4) is 0 Å². The Morgan fingerprint density at radius 2 is 2.42 bits per heavy atom. The molecule has 1 aliphatic carbocycles. The first-order valence-corrected chi connectivity index (χ1v) is 4.05. The van der Waals surface area contributed by atoms with E-state index in [1.165, 1.54) is 0 Å². The van der Waals surface area contributed by atoms with Crippen LogP contribution in [0.4, 0.5) is 0 Å². The molecule has 1 N–H and O–H groups in total. The van der Waals surface area contributed by atoms with Crippen molar-refractivity contribution in [3.63, 3.8) is 0 Å². The van der Waals surface area contributed by atoms with Gasteiger partial charge in [0.15, 0.2) is 0 Å². The van der Waals surface area contributed by atoms with Crippen molar-refractivity contribution in [1.29, 1.82) is 0 Å². The van der Waals surface area contributed by atoms with Gasteiger partial charge in [-0.3, -0.25) is 0 Å². The summed E-state index contributed by atoms with van der Waals surface area (Å²) in [5.74, 6) is 0.592. The number of aliphatic hydroxyl groups is 1. The predicted molar refractivity (Wildman–Crippen MR) is 42.6 cm³/mol. The minimum atomic E-state index is -0.613. The molecule has 0 spiro atoms. The van der Waals surface area contributed by atoms with Gasteiger partial charge in [0.25, 0.3) is 0 Å². The number of aliphatic hydroxyl groups excluding tert-OH is 1. The maximum Gasteiger partial charge on any atom is 0.140 e. The maximum absolute atomic E-state index is 9.78. The van der Waals surface area contributed by atoms with Crippen LogP contribution in [0.5, 0.6) is 0 Å². The van der Waals surface area contributed by atoms with E-state index in [0.717, 1.165) is 12.8 Å². The first-order chi connectivity index (χ1) is 5.78. The van der Waals surface area contributed by atoms with Gasteiger partial charge in [-0.2, -0.15) is 0 Å². The molecule has 1 unspecified atom stereocenters. The second-order valence-electron chi connectivity index (χ2n) is 3.19. The molecule has 3 nitrogen and oxygen atoms in total. The molecule has 66 valence electrons. The van der Waals surface area contributed by atoms with E-state index in [2.05, 4.69) is 0 Å². The molecular weight excluding hydrogens is 156 g/mol. The molecule has 1 saturated carbocycles. The standard InChI is InChI=1S/C9H12O3/c1-11-9(4-5-9)8(10)7-3-2-6-12-7/h2-3,6,8,10H,4-5H2,1H3. The largest absolute Gasteiger partial charge is 0.466 e. The van der Waals surface area contributed by atoms with Gasteiger partial charge >= 0.3 is 0 Å². The highest BCUT2D eigenvalue weighted by Crippen LogP contribution is 2.48. The Balaban J connectivity index is 2.15. The van der Waals surface area contributed by atoms with Crippen molar-refractivity contribution < 1.29 is 14.3 Å². The minimum absolute atomic E-state index is 0.363. The number of rotatable bonds is 3. The highest BCUT2D eigenvalue weighted by atomic mass is 16.5. The highest BCUT2D eigenvalue weighted by Gasteiger charge is 2.51. The van der Waals surface area contributed by atoms with Crippen molar-refractivity contribution in [2.45, 2.75) is 24.5 Å². The smallest absolute Gasteiger partial charge is 0.140 e. The van der Waals surface area contributed by atoms with Crippen LogP contribution in [0.25, 0.3) is 0 Å². The minimum Gasteiger partial charge on any atom is -0.466 e. The summed E-state index contributed by atoms with van der Waals surface area (Å²) in [7, 11) is 1.62. The van der Waals surface area contributed by atoms with Gasteiger partial charge in [-0.25, -0.2) is 0 Å². The number of furan rings is 1. The molecule has 0 amide bonds. The van der Waals surface area contributed by atoms with E-state index in [4.69, 9.17) is 9.15 Å². The number of hydrogen-bond donors (Lipinski definition) is 1. The van der Waals surface area contributed by atoms with E-state index in [1.807, 2.05) is 0 Å². The van der Waals surface area contributed by atoms with E-state index in [-0.39, 0.29) is 5.60 Å². The van der Waals surface area contributed by atoms with E-state index in [9.17, 15) is 5.11 Å². The lowest BCUT2D eigenvalue weighted by molar-refractivity contribution is -0.0429. The quantitative estimate of drug-likeness (QED) is 0.743. The van der Waals surface area contributed by atoms with Crippen molar-refractivity contribution in [2.24, 2.45) is 0 Å². The lowest BCUT2D eigenvalue weighted by Gasteiger charge is -2.18. The van der Waals surface area contributed by atoms with Crippen LogP contribution in [-0.2, 0) is 4.74 Å². The second-order valence-corrected chi connectivity index (χ2v) is 3.19. The Morgan fingerprint density at radius 3 is 2.83 bits per heavy atom. The molecule has 1 aromatic rings. The molecule has 1 fully saturated rings. The van der Waals surface area contributed by atoms with Crippen LogP contribution < -0.4 is 0 Å². The molecule has 12 heavy (non-hydrogen) atoms. The Bertz CT molecular complexity index is 249. The summed E-state index contributed by atoms with van der Waals surface area (Å²) in [6, 6.07) is 3.54. The fraction of sp³-hybridized carbons (Fsp3) is 0.556. The zero-order valence-electron chi connectivity index (χ0n) is 6.99. The van der Waals surface area contributed by atoms with Crippen LogP contribution in [0, 0.1) is 0 Å². The Morgan fingerprint density at radius 1 is 1.67 bits per heavy atom. The molecular formula is C9H12O3. The van der Waals surface area contributed by atoms with Crippen LogP contribution in [0.1, 0.15) is 24.7 Å². The summed E-state index contributed by atoms with van der Waals surface area (Å²) in [5, 5.41) is 9.78. The van der Waals surface area contributed by atoms with Gasteiger partial charge < -0.3 is 14.3 Å². The highest BCUT2D eigenvalue weighted by molar-refractivity contribution is 5.13. The second kappa shape index (κ2) is 2.61. The summed E-state index contributed by atoms with van der Waals surface area (Å²) in [5.41, 5.74) is -0.363. The molecule has 0 saturated heterocycles. The number of hydrogen-bond acceptors (Lipinski definition) is 3. The van der Waals surface area contributed by atoms with Gasteiger partial charge in [0, 0.05) is 7.11 Å². The Labute approximate surface area is 71.0 Å². The van der Waals surface area contributed by atoms with Crippen LogP contribution in [-0.4, -0.2) is 17.8 Å². The van der Waals surface area contributed by atoms with Crippen LogP contribution in [0.15, 0.2) is 22.8 Å². The average Bonchev–Trinajstić information content (AvgIpc) is 2.71. The van der Waals surface area contributed by atoms with Gasteiger partial charge in [0.05, 0.1) is 6.26 Å². The monoisotopic (exact) mass is 168 g/mol. The molecule has 0 radical (unpaired) electrons. The first kappa shape index (κ1) is 7.83. The molecule has 1 atom stereocenters. The third kappa shape index (κ3) is 1.06. The van der Waals surface area contributed by atoms with Gasteiger partial charge in [0.1, 0.15) is 17.5 Å². The molecule has 1 heterocycles. The van der Waals surface area contributed by atoms with Crippen molar-refractivity contribution in [3.05, 3.63) is 24.2 Å². The van der Waals surface area contributed by atoms with Crippen molar-refractivity contribution in [1.82, 2.24) is 0 Å². The van der Waals surface area contributed by atoms with Gasteiger partial charge in [-0.15, -0.1) is 0 Å². The summed E-state index contributed by atoms with van der Waals surface area (Å²) >= 11 is 0. The lowest BCUT2D eigenvalue weighted by Crippen LogP contribution is -2.21. The number of methoxy groups -OCH3 is 1. The molecule has 0 aliphatic heterocycles. The first-order valence-electron chi connectivity index (χ1n) is 4.05. The zero-order chi connectivity index (χ0) is 8.60. The van der Waals surface area contributed by atoms with E-state index in [0.29, 0.717) is 5.76 Å². The number of ether oxygens (including phenoxy) is 1. The predicted octanol–water partition coefficient (Wildman–Crippen LogP) is 1.49. The van der Waals surface area contributed by atoms with Crippen molar-refractivity contribution in [3.8, 4) is 0 Å². The topological polar surface area (TPSA) is 42.6 Å². The van der Waals surface area contributed by atoms with E-state index < -0.39 is 6.10 Å². The van der Waals surface area contributed by atoms with Crippen molar-refractivity contribution in [2.75, 3.05) is 7.11 Å². The summed E-state index contributed by atoms with van der Waals surface area (Å²) < 4.78 is 10.3. The third-order valence-corrected chi connectivity index (χ3v) is 2.46. The third-order valence-electron chi connectivity index (χ3n) is 2.46. The Kier molecular flexibility index (Phi) is 1.70. The van der Waals surface area contributed by atoms with Crippen molar-refractivity contribution >= 4 is 0 Å². The molecule has 3 heteroatoms. The van der Waals surface area contributed by atoms with Crippen LogP contribution in [0.2, 0.25) is 0 Å². The fourth-order valence-corrected chi connectivity index (χ4v) is 1.42. The lowest BCUT2D eigenvalue weighted by atomic mass is 10.1. The van der Waals surface area contributed by atoms with E-state index >= 15 is 0 Å². The van der Waals surface area contributed by atoms with E-state index in [1.54, 1.807) is 25.5 Å². The fourth-order valence-electron chi connectivity index (χ4n) is 1.42.